The van der Waals surface area contributed by atoms with Crippen molar-refractivity contribution in [3.8, 4) is 78.7 Å². The Kier molecular flexibility index (Phi) is 10.8. The highest BCUT2D eigenvalue weighted by molar-refractivity contribution is 6.89. The van der Waals surface area contributed by atoms with Crippen LogP contribution in [-0.4, -0.2) is 32.7 Å². The van der Waals surface area contributed by atoms with E-state index in [2.05, 4.69) is 224 Å². The second-order valence-corrected chi connectivity index (χ2v) is 25.0. The van der Waals surface area contributed by atoms with Crippen LogP contribution < -0.4 is 5.19 Å². The number of para-hydroxylation sites is 1. The minimum absolute atomic E-state index is 0.191. The standard InChI is InChI=1S/C58H56N4OSi/c1-57(2,3)44-34-47(55(63)48(35-44)58(4,5)6)56-61-54-51(62(56)50-28-20-19-27-45(50)39-23-15-11-16-24-39)29-30-59-53(54)43-32-41(38-21-13-10-14-22-38)31-42(33-43)49-36-46(40-25-17-12-18-26-40)52(37-60-49)64(7,8)9/h10-37,63H,1-9H3. The third-order valence-corrected chi connectivity index (χ3v) is 14.2. The molecule has 0 spiro atoms. The SMILES string of the molecule is CC(C)(C)c1cc(-c2nc3c(-c4cc(-c5ccccc5)cc(-c5cc(-c6ccccc6)c([Si](C)(C)C)cn5)c4)nccc3n2-c2ccccc2-c2ccccc2)c(O)c(C(C)(C)C)c1. The molecule has 0 bridgehead atoms. The summed E-state index contributed by atoms with van der Waals surface area (Å²) in [5.74, 6) is 0.886. The molecule has 3 aromatic heterocycles. The van der Waals surface area contributed by atoms with E-state index in [1.807, 2.05) is 12.3 Å². The Labute approximate surface area is 379 Å². The third kappa shape index (κ3) is 8.10. The van der Waals surface area contributed by atoms with Crippen LogP contribution in [0.15, 0.2) is 170 Å². The van der Waals surface area contributed by atoms with Crippen molar-refractivity contribution >= 4 is 24.3 Å². The Morgan fingerprint density at radius 2 is 1.09 bits per heavy atom. The average Bonchev–Trinajstić information content (AvgIpc) is 3.68. The van der Waals surface area contributed by atoms with Crippen LogP contribution in [0.4, 0.5) is 0 Å². The fraction of sp³-hybridized carbons (Fsp3) is 0.190. The number of nitrogens with zero attached hydrogens (tertiary/aromatic N) is 4. The van der Waals surface area contributed by atoms with E-state index in [9.17, 15) is 5.11 Å². The van der Waals surface area contributed by atoms with Gasteiger partial charge in [-0.15, -0.1) is 0 Å². The lowest BCUT2D eigenvalue weighted by Gasteiger charge is -2.27. The summed E-state index contributed by atoms with van der Waals surface area (Å²) in [6.45, 7) is 20.3. The number of hydrogen-bond donors (Lipinski definition) is 1. The van der Waals surface area contributed by atoms with E-state index in [1.54, 1.807) is 0 Å². The van der Waals surface area contributed by atoms with Gasteiger partial charge in [0.2, 0.25) is 0 Å². The molecule has 64 heavy (non-hydrogen) atoms. The van der Waals surface area contributed by atoms with Crippen molar-refractivity contribution in [1.82, 2.24) is 19.5 Å². The van der Waals surface area contributed by atoms with Gasteiger partial charge in [-0.2, -0.15) is 0 Å². The molecule has 0 unspecified atom stereocenters. The second-order valence-electron chi connectivity index (χ2n) is 20.0. The molecule has 0 saturated heterocycles. The van der Waals surface area contributed by atoms with Crippen molar-refractivity contribution in [2.24, 2.45) is 0 Å². The highest BCUT2D eigenvalue weighted by atomic mass is 28.3. The number of rotatable bonds is 8. The first-order valence-electron chi connectivity index (χ1n) is 22.2. The van der Waals surface area contributed by atoms with Crippen LogP contribution >= 0.6 is 0 Å². The van der Waals surface area contributed by atoms with E-state index in [1.165, 1.54) is 16.3 Å². The molecule has 3 heterocycles. The molecule has 5 nitrogen and oxygen atoms in total. The molecule has 6 aromatic carbocycles. The molecule has 0 radical (unpaired) electrons. The maximum atomic E-state index is 12.5. The van der Waals surface area contributed by atoms with E-state index in [0.717, 1.165) is 72.6 Å². The fourth-order valence-electron chi connectivity index (χ4n) is 8.76. The molecule has 0 aliphatic heterocycles. The van der Waals surface area contributed by atoms with Crippen molar-refractivity contribution in [3.63, 3.8) is 0 Å². The smallest absolute Gasteiger partial charge is 0.149 e. The number of fused-ring (bicyclic) bond motifs is 1. The van der Waals surface area contributed by atoms with Gasteiger partial charge in [-0.1, -0.05) is 176 Å². The largest absolute Gasteiger partial charge is 0.507 e. The van der Waals surface area contributed by atoms with Crippen molar-refractivity contribution in [2.75, 3.05) is 0 Å². The summed E-state index contributed by atoms with van der Waals surface area (Å²) in [5, 5.41) is 13.8. The Hall–Kier alpha value is -6.89. The molecule has 6 heteroatoms. The fourth-order valence-corrected chi connectivity index (χ4v) is 10.2. The summed E-state index contributed by atoms with van der Waals surface area (Å²) >= 11 is 0. The summed E-state index contributed by atoms with van der Waals surface area (Å²) in [6.07, 6.45) is 4.00. The third-order valence-electron chi connectivity index (χ3n) is 12.2. The number of phenols is 1. The summed E-state index contributed by atoms with van der Waals surface area (Å²) < 4.78 is 2.22. The van der Waals surface area contributed by atoms with Crippen LogP contribution in [-0.2, 0) is 10.8 Å². The number of pyridine rings is 2. The van der Waals surface area contributed by atoms with Crippen LogP contribution in [0.3, 0.4) is 0 Å². The predicted octanol–water partition coefficient (Wildman–Crippen LogP) is 14.7. The van der Waals surface area contributed by atoms with Crippen molar-refractivity contribution < 1.29 is 5.11 Å². The number of benzene rings is 6. The zero-order valence-corrected chi connectivity index (χ0v) is 39.4. The molecule has 9 aromatic rings. The number of imidazole rings is 1. The number of aromatic hydroxyl groups is 1. The Morgan fingerprint density at radius 3 is 1.72 bits per heavy atom. The molecule has 1 N–H and O–H groups in total. The zero-order valence-electron chi connectivity index (χ0n) is 38.4. The van der Waals surface area contributed by atoms with Gasteiger partial charge in [-0.05, 0) is 91.9 Å². The second kappa shape index (κ2) is 16.3. The normalized spacial score (nSPS) is 12.2. The van der Waals surface area contributed by atoms with E-state index >= 15 is 0 Å². The van der Waals surface area contributed by atoms with Gasteiger partial charge in [0, 0.05) is 34.6 Å². The predicted molar refractivity (Wildman–Crippen MR) is 271 cm³/mol. The minimum atomic E-state index is -1.76. The first-order chi connectivity index (χ1) is 30.6. The molecule has 9 rings (SSSR count). The maximum absolute atomic E-state index is 12.5. The van der Waals surface area contributed by atoms with Gasteiger partial charge in [0.15, 0.2) is 0 Å². The Balaban J connectivity index is 1.35. The zero-order chi connectivity index (χ0) is 45.0. The van der Waals surface area contributed by atoms with Gasteiger partial charge in [0.1, 0.15) is 17.1 Å². The summed E-state index contributed by atoms with van der Waals surface area (Å²) in [5.41, 5.74) is 15.0. The topological polar surface area (TPSA) is 63.8 Å². The molecule has 0 fully saturated rings. The average molecular weight is 853 g/mol. The van der Waals surface area contributed by atoms with Crippen LogP contribution in [0.2, 0.25) is 19.6 Å². The van der Waals surface area contributed by atoms with E-state index in [4.69, 9.17) is 15.0 Å². The Bertz CT molecular complexity index is 3150. The van der Waals surface area contributed by atoms with Crippen molar-refractivity contribution in [3.05, 3.63) is 181 Å². The number of hydrogen-bond acceptors (Lipinski definition) is 4. The van der Waals surface area contributed by atoms with Crippen LogP contribution in [0, 0.1) is 0 Å². The van der Waals surface area contributed by atoms with E-state index in [-0.39, 0.29) is 16.6 Å². The summed E-state index contributed by atoms with van der Waals surface area (Å²) in [7, 11) is -1.76. The first kappa shape index (κ1) is 42.4. The van der Waals surface area contributed by atoms with Gasteiger partial charge >= 0.3 is 0 Å². The molecule has 0 aliphatic carbocycles. The number of aromatic nitrogens is 4. The van der Waals surface area contributed by atoms with Crippen LogP contribution in [0.25, 0.3) is 84.0 Å². The quantitative estimate of drug-likeness (QED) is 0.155. The number of phenolic OH excluding ortho intramolecular Hbond substituents is 1. The van der Waals surface area contributed by atoms with Gasteiger partial charge in [-0.3, -0.25) is 14.5 Å². The van der Waals surface area contributed by atoms with E-state index < -0.39 is 8.07 Å². The highest BCUT2D eigenvalue weighted by Crippen LogP contribution is 2.45. The first-order valence-corrected chi connectivity index (χ1v) is 25.7. The minimum Gasteiger partial charge on any atom is -0.507 e. The summed E-state index contributed by atoms with van der Waals surface area (Å²) in [6, 6.07) is 55.5. The molecule has 0 amide bonds. The molecular formula is C58H56N4OSi. The highest BCUT2D eigenvalue weighted by Gasteiger charge is 2.30. The van der Waals surface area contributed by atoms with Gasteiger partial charge < -0.3 is 5.11 Å². The monoisotopic (exact) mass is 852 g/mol. The molecular weight excluding hydrogens is 797 g/mol. The van der Waals surface area contributed by atoms with Crippen molar-refractivity contribution in [1.29, 1.82) is 0 Å². The van der Waals surface area contributed by atoms with Crippen molar-refractivity contribution in [2.45, 2.75) is 72.0 Å². The molecule has 0 atom stereocenters. The molecule has 318 valence electrons. The lowest BCUT2D eigenvalue weighted by molar-refractivity contribution is 0.446. The van der Waals surface area contributed by atoms with Gasteiger partial charge in [0.05, 0.1) is 36.2 Å². The maximum Gasteiger partial charge on any atom is 0.149 e. The lowest BCUT2D eigenvalue weighted by atomic mass is 9.79. The molecule has 0 saturated carbocycles. The molecule has 0 aliphatic rings. The van der Waals surface area contributed by atoms with E-state index in [0.29, 0.717) is 11.4 Å². The van der Waals surface area contributed by atoms with Crippen LogP contribution in [0.5, 0.6) is 5.75 Å². The summed E-state index contributed by atoms with van der Waals surface area (Å²) in [4.78, 5) is 16.0. The Morgan fingerprint density at radius 1 is 0.516 bits per heavy atom. The van der Waals surface area contributed by atoms with Crippen LogP contribution in [0.1, 0.15) is 52.7 Å². The van der Waals surface area contributed by atoms with Gasteiger partial charge in [0.25, 0.3) is 0 Å². The lowest BCUT2D eigenvalue weighted by Crippen LogP contribution is -2.39. The van der Waals surface area contributed by atoms with Gasteiger partial charge in [-0.25, -0.2) is 4.98 Å².